The van der Waals surface area contributed by atoms with Crippen LogP contribution in [0.3, 0.4) is 0 Å². The Bertz CT molecular complexity index is 1100. The summed E-state index contributed by atoms with van der Waals surface area (Å²) in [6, 6.07) is 10.3. The van der Waals surface area contributed by atoms with E-state index in [0.29, 0.717) is 39.0 Å². The number of aryl methyl sites for hydroxylation is 1. The fraction of sp³-hybridized carbons (Fsp3) is 0.125. The van der Waals surface area contributed by atoms with Crippen LogP contribution in [0.2, 0.25) is 5.02 Å². The normalized spacial score (nSPS) is 11.3. The van der Waals surface area contributed by atoms with Crippen LogP contribution < -0.4 is 5.56 Å². The minimum Gasteiger partial charge on any atom is -0.411 e. The smallest absolute Gasteiger partial charge is 0.287 e. The molecular formula is C16H11ClN4O3S. The largest absolute Gasteiger partial charge is 0.411 e. The molecule has 4 rings (SSSR count). The lowest BCUT2D eigenvalue weighted by Crippen LogP contribution is -2.12. The van der Waals surface area contributed by atoms with Crippen molar-refractivity contribution in [2.24, 2.45) is 0 Å². The first-order valence-corrected chi connectivity index (χ1v) is 8.67. The number of halogens is 1. The Balaban J connectivity index is 1.52. The zero-order valence-electron chi connectivity index (χ0n) is 13.0. The molecule has 0 aliphatic rings. The lowest BCUT2D eigenvalue weighted by atomic mass is 10.2. The highest BCUT2D eigenvalue weighted by Crippen LogP contribution is 2.26. The summed E-state index contributed by atoms with van der Waals surface area (Å²) >= 11 is 7.17. The van der Waals surface area contributed by atoms with Crippen molar-refractivity contribution in [1.82, 2.24) is 19.8 Å². The van der Waals surface area contributed by atoms with E-state index in [1.807, 2.05) is 12.1 Å². The molecule has 0 unspecified atom stereocenters. The maximum absolute atomic E-state index is 12.0. The molecule has 0 saturated heterocycles. The average Bonchev–Trinajstić information content (AvgIpc) is 3.20. The molecule has 0 aliphatic heterocycles. The average molecular weight is 375 g/mol. The van der Waals surface area contributed by atoms with Crippen molar-refractivity contribution in [3.8, 4) is 11.5 Å². The van der Waals surface area contributed by atoms with Crippen LogP contribution in [0.4, 0.5) is 0 Å². The Morgan fingerprint density at radius 1 is 1.20 bits per heavy atom. The van der Waals surface area contributed by atoms with Crippen molar-refractivity contribution < 1.29 is 8.94 Å². The van der Waals surface area contributed by atoms with Gasteiger partial charge in [0.15, 0.2) is 5.65 Å². The predicted molar refractivity (Wildman–Crippen MR) is 92.8 cm³/mol. The lowest BCUT2D eigenvalue weighted by Gasteiger charge is -1.98. The molecule has 25 heavy (non-hydrogen) atoms. The third-order valence-electron chi connectivity index (χ3n) is 3.37. The third-order valence-corrected chi connectivity index (χ3v) is 4.47. The number of fused-ring (bicyclic) bond motifs is 1. The highest BCUT2D eigenvalue weighted by atomic mass is 35.5. The van der Waals surface area contributed by atoms with Crippen molar-refractivity contribution in [3.63, 3.8) is 0 Å². The molecule has 7 nitrogen and oxygen atoms in total. The second kappa shape index (κ2) is 6.38. The van der Waals surface area contributed by atoms with Crippen LogP contribution >= 0.6 is 23.4 Å². The number of hydrogen-bond donors (Lipinski definition) is 0. The van der Waals surface area contributed by atoms with Crippen molar-refractivity contribution in [1.29, 1.82) is 0 Å². The highest BCUT2D eigenvalue weighted by Gasteiger charge is 2.11. The van der Waals surface area contributed by atoms with E-state index in [1.54, 1.807) is 25.1 Å². The monoisotopic (exact) mass is 374 g/mol. The summed E-state index contributed by atoms with van der Waals surface area (Å²) in [4.78, 5) is 16.4. The number of nitrogens with zero attached hydrogens (tertiary/aromatic N) is 4. The Hall–Kier alpha value is -2.58. The van der Waals surface area contributed by atoms with E-state index in [9.17, 15) is 4.79 Å². The Labute approximate surface area is 150 Å². The molecule has 0 N–H and O–H groups in total. The van der Waals surface area contributed by atoms with Crippen LogP contribution in [-0.4, -0.2) is 19.8 Å². The topological polar surface area (TPSA) is 86.4 Å². The molecule has 4 aromatic rings. The van der Waals surface area contributed by atoms with Crippen molar-refractivity contribution in [2.45, 2.75) is 17.9 Å². The number of hydrogen-bond acceptors (Lipinski definition) is 7. The van der Waals surface area contributed by atoms with Gasteiger partial charge in [0.1, 0.15) is 5.76 Å². The van der Waals surface area contributed by atoms with Gasteiger partial charge >= 0.3 is 0 Å². The molecule has 0 fully saturated rings. The second-order valence-corrected chi connectivity index (χ2v) is 6.62. The van der Waals surface area contributed by atoms with Crippen molar-refractivity contribution in [3.05, 3.63) is 63.2 Å². The van der Waals surface area contributed by atoms with Crippen LogP contribution in [0.5, 0.6) is 0 Å². The maximum atomic E-state index is 12.0. The molecule has 1 aromatic carbocycles. The van der Waals surface area contributed by atoms with Crippen LogP contribution in [0, 0.1) is 6.92 Å². The van der Waals surface area contributed by atoms with Gasteiger partial charge in [0, 0.05) is 28.5 Å². The van der Waals surface area contributed by atoms with Crippen LogP contribution in [0.15, 0.2) is 55.4 Å². The third kappa shape index (κ3) is 3.31. The molecule has 0 radical (unpaired) electrons. The summed E-state index contributed by atoms with van der Waals surface area (Å²) in [5.41, 5.74) is 1.62. The first kappa shape index (κ1) is 15.9. The fourth-order valence-corrected chi connectivity index (χ4v) is 3.04. The highest BCUT2D eigenvalue weighted by molar-refractivity contribution is 7.98. The van der Waals surface area contributed by atoms with Gasteiger partial charge in [-0.05, 0) is 31.2 Å². The van der Waals surface area contributed by atoms with Crippen molar-refractivity contribution in [2.75, 3.05) is 0 Å². The number of rotatable bonds is 4. The quantitative estimate of drug-likeness (QED) is 0.504. The maximum Gasteiger partial charge on any atom is 0.287 e. The van der Waals surface area contributed by atoms with Gasteiger partial charge < -0.3 is 8.94 Å². The number of benzene rings is 1. The van der Waals surface area contributed by atoms with Gasteiger partial charge in [-0.2, -0.15) is 0 Å². The van der Waals surface area contributed by atoms with E-state index in [1.165, 1.54) is 17.8 Å². The summed E-state index contributed by atoms with van der Waals surface area (Å²) in [7, 11) is 0. The molecule has 3 aromatic heterocycles. The molecule has 3 heterocycles. The number of thioether (sulfide) groups is 1. The van der Waals surface area contributed by atoms with Gasteiger partial charge in [0.05, 0.1) is 5.69 Å². The minimum absolute atomic E-state index is 0.263. The first-order chi connectivity index (χ1) is 12.1. The Morgan fingerprint density at radius 3 is 2.80 bits per heavy atom. The van der Waals surface area contributed by atoms with Gasteiger partial charge in [0.25, 0.3) is 10.8 Å². The van der Waals surface area contributed by atoms with E-state index < -0.39 is 0 Å². The van der Waals surface area contributed by atoms with Gasteiger partial charge in [-0.3, -0.25) is 4.79 Å². The molecule has 0 bridgehead atoms. The standard InChI is InChI=1S/C16H11ClN4O3S/c1-9-6-13-18-12(7-14(22)21(13)24-9)8-25-16-20-19-15(23-16)10-2-4-11(17)5-3-10/h2-7H,8H2,1H3. The van der Waals surface area contributed by atoms with Gasteiger partial charge in [-0.15, -0.1) is 14.8 Å². The summed E-state index contributed by atoms with van der Waals surface area (Å²) < 4.78 is 12.0. The van der Waals surface area contributed by atoms with Crippen LogP contribution in [0.1, 0.15) is 11.5 Å². The number of aromatic nitrogens is 4. The summed E-state index contributed by atoms with van der Waals surface area (Å²) in [5, 5.41) is 9.06. The molecule has 0 spiro atoms. The van der Waals surface area contributed by atoms with E-state index in [-0.39, 0.29) is 5.56 Å². The molecular weight excluding hydrogens is 364 g/mol. The predicted octanol–water partition coefficient (Wildman–Crippen LogP) is 3.59. The van der Waals surface area contributed by atoms with E-state index in [2.05, 4.69) is 15.2 Å². The van der Waals surface area contributed by atoms with Gasteiger partial charge in [-0.25, -0.2) is 4.98 Å². The molecule has 0 aliphatic carbocycles. The summed E-state index contributed by atoms with van der Waals surface area (Å²) in [6.45, 7) is 1.76. The molecule has 0 atom stereocenters. The van der Waals surface area contributed by atoms with Crippen molar-refractivity contribution >= 4 is 29.0 Å². The van der Waals surface area contributed by atoms with E-state index >= 15 is 0 Å². The molecule has 126 valence electrons. The zero-order valence-corrected chi connectivity index (χ0v) is 14.5. The second-order valence-electron chi connectivity index (χ2n) is 5.25. The van der Waals surface area contributed by atoms with E-state index in [4.69, 9.17) is 20.5 Å². The zero-order chi connectivity index (χ0) is 17.4. The lowest BCUT2D eigenvalue weighted by molar-refractivity contribution is 0.344. The SMILES string of the molecule is Cc1cc2nc(CSc3nnc(-c4ccc(Cl)cc4)o3)cc(=O)n2o1. The fourth-order valence-electron chi connectivity index (χ4n) is 2.26. The van der Waals surface area contributed by atoms with Gasteiger partial charge in [0.2, 0.25) is 5.89 Å². The minimum atomic E-state index is -0.263. The Morgan fingerprint density at radius 2 is 2.00 bits per heavy atom. The molecule has 0 saturated carbocycles. The van der Waals surface area contributed by atoms with Crippen LogP contribution in [0.25, 0.3) is 17.1 Å². The summed E-state index contributed by atoms with van der Waals surface area (Å²) in [6.07, 6.45) is 0. The van der Waals surface area contributed by atoms with Gasteiger partial charge in [-0.1, -0.05) is 23.4 Å². The van der Waals surface area contributed by atoms with E-state index in [0.717, 1.165) is 10.1 Å². The van der Waals surface area contributed by atoms with Crippen LogP contribution in [-0.2, 0) is 5.75 Å². The first-order valence-electron chi connectivity index (χ1n) is 7.30. The Kier molecular flexibility index (Phi) is 4.06. The summed E-state index contributed by atoms with van der Waals surface area (Å²) in [5.74, 6) is 1.46. The molecule has 9 heteroatoms. The molecule has 0 amide bonds.